The highest BCUT2D eigenvalue weighted by Crippen LogP contribution is 2.08. The number of nitrogens with one attached hydrogen (secondary N) is 1. The van der Waals surface area contributed by atoms with Crippen molar-refractivity contribution in [1.82, 2.24) is 9.88 Å². The zero-order valence-corrected chi connectivity index (χ0v) is 14.8. The van der Waals surface area contributed by atoms with Crippen LogP contribution >= 0.6 is 0 Å². The van der Waals surface area contributed by atoms with Crippen LogP contribution in [0.2, 0.25) is 0 Å². The van der Waals surface area contributed by atoms with Crippen molar-refractivity contribution in [3.63, 3.8) is 0 Å². The number of aryl methyl sites for hydroxylation is 2. The Bertz CT molecular complexity index is 748. The first-order chi connectivity index (χ1) is 11.5. The van der Waals surface area contributed by atoms with Crippen molar-refractivity contribution in [3.8, 4) is 0 Å². The molecular formula is C20H26N2O2. The van der Waals surface area contributed by atoms with Crippen molar-refractivity contribution in [2.75, 3.05) is 6.54 Å². The first-order valence-corrected chi connectivity index (χ1v) is 8.57. The summed E-state index contributed by atoms with van der Waals surface area (Å²) in [6.45, 7) is 7.01. The van der Waals surface area contributed by atoms with Gasteiger partial charge in [-0.3, -0.25) is 9.59 Å². The maximum atomic E-state index is 12.7. The number of hydrogen-bond acceptors (Lipinski definition) is 2. The molecule has 1 aromatic carbocycles. The van der Waals surface area contributed by atoms with Gasteiger partial charge in [-0.25, -0.2) is 0 Å². The number of rotatable bonds is 7. The molecule has 2 aromatic rings. The smallest absolute Gasteiger partial charge is 0.263 e. The average Bonchev–Trinajstić information content (AvgIpc) is 2.55. The first kappa shape index (κ1) is 18.0. The van der Waals surface area contributed by atoms with Gasteiger partial charge in [0.1, 0.15) is 5.56 Å². The van der Waals surface area contributed by atoms with Gasteiger partial charge in [0, 0.05) is 18.8 Å². The fraction of sp³-hybridized carbons (Fsp3) is 0.400. The Balaban J connectivity index is 2.12. The summed E-state index contributed by atoms with van der Waals surface area (Å²) in [4.78, 5) is 25.2. The summed E-state index contributed by atoms with van der Waals surface area (Å²) in [6.07, 6.45) is 2.69. The molecule has 1 aromatic heterocycles. The zero-order valence-electron chi connectivity index (χ0n) is 14.8. The molecule has 0 aliphatic rings. The molecule has 24 heavy (non-hydrogen) atoms. The number of benzene rings is 1. The maximum Gasteiger partial charge on any atom is 0.263 e. The Morgan fingerprint density at radius 1 is 1.17 bits per heavy atom. The molecule has 4 nitrogen and oxygen atoms in total. The molecule has 0 bridgehead atoms. The standard InChI is InChI=1S/C20H26N2O2/c1-4-5-13-22-16(3)14-15(2)18(20(22)24)19(23)21-12-11-17-9-7-6-8-10-17/h6-10,14H,4-5,11-13H2,1-3H3,(H,21,23). The molecule has 0 unspecified atom stereocenters. The molecule has 0 atom stereocenters. The molecule has 0 aliphatic heterocycles. The van der Waals surface area contributed by atoms with Crippen LogP contribution < -0.4 is 10.9 Å². The van der Waals surface area contributed by atoms with Crippen LogP contribution in [0.1, 0.15) is 46.9 Å². The quantitative estimate of drug-likeness (QED) is 0.849. The number of carbonyl (C=O) groups is 1. The average molecular weight is 326 g/mol. The van der Waals surface area contributed by atoms with Crippen molar-refractivity contribution >= 4 is 5.91 Å². The van der Waals surface area contributed by atoms with Crippen molar-refractivity contribution in [2.24, 2.45) is 0 Å². The second kappa shape index (κ2) is 8.48. The minimum Gasteiger partial charge on any atom is -0.352 e. The van der Waals surface area contributed by atoms with Crippen molar-refractivity contribution in [3.05, 3.63) is 69.1 Å². The zero-order chi connectivity index (χ0) is 17.5. The van der Waals surface area contributed by atoms with Crippen molar-refractivity contribution < 1.29 is 4.79 Å². The van der Waals surface area contributed by atoms with Crippen LogP contribution in [-0.4, -0.2) is 17.0 Å². The number of aromatic nitrogens is 1. The molecule has 1 N–H and O–H groups in total. The molecule has 0 fully saturated rings. The predicted molar refractivity (Wildman–Crippen MR) is 97.6 cm³/mol. The second-order valence-electron chi connectivity index (χ2n) is 6.15. The van der Waals surface area contributed by atoms with Crippen LogP contribution in [0.25, 0.3) is 0 Å². The third-order valence-corrected chi connectivity index (χ3v) is 4.21. The molecule has 0 spiro atoms. The number of nitrogens with zero attached hydrogens (tertiary/aromatic N) is 1. The summed E-state index contributed by atoms with van der Waals surface area (Å²) < 4.78 is 1.71. The van der Waals surface area contributed by atoms with Gasteiger partial charge in [-0.15, -0.1) is 0 Å². The topological polar surface area (TPSA) is 51.1 Å². The molecule has 2 rings (SSSR count). The molecule has 4 heteroatoms. The summed E-state index contributed by atoms with van der Waals surface area (Å²) in [5.74, 6) is -0.279. The number of carbonyl (C=O) groups excluding carboxylic acids is 1. The number of amides is 1. The van der Waals surface area contributed by atoms with E-state index in [0.29, 0.717) is 13.1 Å². The number of hydrogen-bond donors (Lipinski definition) is 1. The van der Waals surface area contributed by atoms with E-state index in [1.54, 1.807) is 4.57 Å². The monoisotopic (exact) mass is 326 g/mol. The fourth-order valence-corrected chi connectivity index (χ4v) is 2.85. The minimum atomic E-state index is -0.279. The van der Waals surface area contributed by atoms with E-state index in [-0.39, 0.29) is 17.0 Å². The van der Waals surface area contributed by atoms with Gasteiger partial charge in [-0.05, 0) is 43.9 Å². The van der Waals surface area contributed by atoms with E-state index in [1.165, 1.54) is 5.56 Å². The van der Waals surface area contributed by atoms with Crippen LogP contribution in [-0.2, 0) is 13.0 Å². The summed E-state index contributed by atoms with van der Waals surface area (Å²) in [6, 6.07) is 11.9. The predicted octanol–water partition coefficient (Wildman–Crippen LogP) is 3.24. The molecule has 0 saturated carbocycles. The van der Waals surface area contributed by atoms with E-state index in [0.717, 1.165) is 30.5 Å². The van der Waals surface area contributed by atoms with E-state index < -0.39 is 0 Å². The lowest BCUT2D eigenvalue weighted by atomic mass is 10.1. The fourth-order valence-electron chi connectivity index (χ4n) is 2.85. The second-order valence-corrected chi connectivity index (χ2v) is 6.15. The highest BCUT2D eigenvalue weighted by molar-refractivity contribution is 5.95. The molecular weight excluding hydrogens is 300 g/mol. The Labute approximate surface area is 143 Å². The third kappa shape index (κ3) is 4.34. The molecule has 0 saturated heterocycles. The van der Waals surface area contributed by atoms with Gasteiger partial charge >= 0.3 is 0 Å². The van der Waals surface area contributed by atoms with Crippen LogP contribution in [0.5, 0.6) is 0 Å². The van der Waals surface area contributed by atoms with Gasteiger partial charge < -0.3 is 9.88 Å². The van der Waals surface area contributed by atoms with Gasteiger partial charge in [0.05, 0.1) is 0 Å². The van der Waals surface area contributed by atoms with Crippen LogP contribution in [0.15, 0.2) is 41.2 Å². The Morgan fingerprint density at radius 2 is 1.88 bits per heavy atom. The minimum absolute atomic E-state index is 0.182. The van der Waals surface area contributed by atoms with Crippen LogP contribution in [0, 0.1) is 13.8 Å². The highest BCUT2D eigenvalue weighted by atomic mass is 16.2. The summed E-state index contributed by atoms with van der Waals surface area (Å²) in [5.41, 5.74) is 2.90. The molecule has 1 amide bonds. The highest BCUT2D eigenvalue weighted by Gasteiger charge is 2.17. The van der Waals surface area contributed by atoms with Crippen molar-refractivity contribution in [2.45, 2.75) is 46.6 Å². The summed E-state index contributed by atoms with van der Waals surface area (Å²) in [5, 5.41) is 2.88. The van der Waals surface area contributed by atoms with Crippen molar-refractivity contribution in [1.29, 1.82) is 0 Å². The largest absolute Gasteiger partial charge is 0.352 e. The van der Waals surface area contributed by atoms with Gasteiger partial charge in [-0.1, -0.05) is 43.7 Å². The Morgan fingerprint density at radius 3 is 2.54 bits per heavy atom. The Hall–Kier alpha value is -2.36. The van der Waals surface area contributed by atoms with E-state index in [2.05, 4.69) is 12.2 Å². The van der Waals surface area contributed by atoms with Gasteiger partial charge in [0.25, 0.3) is 11.5 Å². The SMILES string of the molecule is CCCCn1c(C)cc(C)c(C(=O)NCCc2ccccc2)c1=O. The molecule has 1 heterocycles. The van der Waals surface area contributed by atoms with E-state index in [1.807, 2.05) is 50.2 Å². The number of pyridine rings is 1. The van der Waals surface area contributed by atoms with E-state index in [9.17, 15) is 9.59 Å². The molecule has 0 radical (unpaired) electrons. The molecule has 128 valence electrons. The number of unbranched alkanes of at least 4 members (excludes halogenated alkanes) is 1. The van der Waals surface area contributed by atoms with E-state index in [4.69, 9.17) is 0 Å². The molecule has 0 aliphatic carbocycles. The van der Waals surface area contributed by atoms with E-state index >= 15 is 0 Å². The third-order valence-electron chi connectivity index (χ3n) is 4.21. The maximum absolute atomic E-state index is 12.7. The van der Waals surface area contributed by atoms with Gasteiger partial charge in [0.15, 0.2) is 0 Å². The summed E-state index contributed by atoms with van der Waals surface area (Å²) >= 11 is 0. The lowest BCUT2D eigenvalue weighted by molar-refractivity contribution is 0.0951. The lowest BCUT2D eigenvalue weighted by Gasteiger charge is -2.14. The normalized spacial score (nSPS) is 10.6. The van der Waals surface area contributed by atoms with Gasteiger partial charge in [-0.2, -0.15) is 0 Å². The van der Waals surface area contributed by atoms with Crippen LogP contribution in [0.4, 0.5) is 0 Å². The first-order valence-electron chi connectivity index (χ1n) is 8.57. The van der Waals surface area contributed by atoms with Gasteiger partial charge in [0.2, 0.25) is 0 Å². The lowest BCUT2D eigenvalue weighted by Crippen LogP contribution is -2.36. The Kier molecular flexibility index (Phi) is 6.36. The van der Waals surface area contributed by atoms with Crippen LogP contribution in [0.3, 0.4) is 0 Å². The summed E-state index contributed by atoms with van der Waals surface area (Å²) in [7, 11) is 0.